The smallest absolute Gasteiger partial charge is 0.191 e. The maximum Gasteiger partial charge on any atom is 0.191 e. The van der Waals surface area contributed by atoms with Gasteiger partial charge >= 0.3 is 0 Å². The monoisotopic (exact) mass is 406 g/mol. The van der Waals surface area contributed by atoms with Crippen LogP contribution in [0.25, 0.3) is 0 Å². The second kappa shape index (κ2) is 15.2. The van der Waals surface area contributed by atoms with Crippen molar-refractivity contribution in [2.45, 2.75) is 32.9 Å². The number of rotatable bonds is 13. The standard InChI is InChI=1S/C22H38N4O3/c1-3-4-12-27-16-17-28-13-9-24-22(23-2)25-18-20-7-5-6-8-21(20)19-26-10-14-29-15-11-26/h5-8H,3-4,9-19H2,1-2H3,(H2,23,24,25). The molecular formula is C22H38N4O3. The van der Waals surface area contributed by atoms with Gasteiger partial charge in [0.15, 0.2) is 5.96 Å². The van der Waals surface area contributed by atoms with Crippen molar-refractivity contribution in [3.8, 4) is 0 Å². The summed E-state index contributed by atoms with van der Waals surface area (Å²) in [5.74, 6) is 0.786. The van der Waals surface area contributed by atoms with E-state index < -0.39 is 0 Å². The molecule has 0 amide bonds. The lowest BCUT2D eigenvalue weighted by molar-refractivity contribution is 0.0341. The quantitative estimate of drug-likeness (QED) is 0.297. The first-order valence-corrected chi connectivity index (χ1v) is 10.8. The lowest BCUT2D eigenvalue weighted by atomic mass is 10.1. The number of nitrogens with one attached hydrogen (secondary N) is 2. The van der Waals surface area contributed by atoms with E-state index in [1.807, 2.05) is 0 Å². The van der Waals surface area contributed by atoms with E-state index in [-0.39, 0.29) is 0 Å². The number of aliphatic imine (C=N–C) groups is 1. The van der Waals surface area contributed by atoms with Crippen LogP contribution in [0.3, 0.4) is 0 Å². The fraction of sp³-hybridized carbons (Fsp3) is 0.682. The highest BCUT2D eigenvalue weighted by molar-refractivity contribution is 5.79. The summed E-state index contributed by atoms with van der Waals surface area (Å²) in [4.78, 5) is 6.75. The predicted molar refractivity (Wildman–Crippen MR) is 117 cm³/mol. The van der Waals surface area contributed by atoms with E-state index in [0.717, 1.165) is 64.8 Å². The number of benzene rings is 1. The zero-order valence-corrected chi connectivity index (χ0v) is 18.1. The highest BCUT2D eigenvalue weighted by Crippen LogP contribution is 2.12. The predicted octanol–water partition coefficient (Wildman–Crippen LogP) is 2.02. The van der Waals surface area contributed by atoms with Crippen LogP contribution in [0.5, 0.6) is 0 Å². The minimum Gasteiger partial charge on any atom is -0.379 e. The minimum absolute atomic E-state index is 0.630. The molecule has 7 heteroatoms. The Morgan fingerprint density at radius 2 is 1.76 bits per heavy atom. The number of guanidine groups is 1. The number of unbranched alkanes of at least 4 members (excludes halogenated alkanes) is 1. The number of nitrogens with zero attached hydrogens (tertiary/aromatic N) is 2. The summed E-state index contributed by atoms with van der Waals surface area (Å²) < 4.78 is 16.5. The summed E-state index contributed by atoms with van der Waals surface area (Å²) in [6.07, 6.45) is 2.27. The molecule has 0 saturated carbocycles. The molecule has 1 aliphatic rings. The van der Waals surface area contributed by atoms with Gasteiger partial charge in [-0.05, 0) is 17.5 Å². The Morgan fingerprint density at radius 3 is 2.48 bits per heavy atom. The van der Waals surface area contributed by atoms with Gasteiger partial charge in [-0.15, -0.1) is 0 Å². The van der Waals surface area contributed by atoms with Crippen molar-refractivity contribution >= 4 is 5.96 Å². The van der Waals surface area contributed by atoms with Gasteiger partial charge in [-0.25, -0.2) is 0 Å². The second-order valence-electron chi connectivity index (χ2n) is 7.09. The molecule has 0 radical (unpaired) electrons. The average Bonchev–Trinajstić information content (AvgIpc) is 2.76. The second-order valence-corrected chi connectivity index (χ2v) is 7.09. The molecule has 1 saturated heterocycles. The molecule has 2 N–H and O–H groups in total. The largest absolute Gasteiger partial charge is 0.379 e. The Labute approximate surface area is 175 Å². The lowest BCUT2D eigenvalue weighted by Crippen LogP contribution is -2.39. The van der Waals surface area contributed by atoms with Gasteiger partial charge in [0.25, 0.3) is 0 Å². The van der Waals surface area contributed by atoms with E-state index >= 15 is 0 Å². The summed E-state index contributed by atoms with van der Waals surface area (Å²) in [6, 6.07) is 8.58. The zero-order valence-electron chi connectivity index (χ0n) is 18.1. The molecule has 2 rings (SSSR count). The van der Waals surface area contributed by atoms with Gasteiger partial charge < -0.3 is 24.8 Å². The van der Waals surface area contributed by atoms with Crippen LogP contribution in [0.1, 0.15) is 30.9 Å². The summed E-state index contributed by atoms with van der Waals surface area (Å²) in [7, 11) is 1.79. The normalized spacial score (nSPS) is 15.4. The Kier molecular flexibility index (Phi) is 12.4. The third-order valence-electron chi connectivity index (χ3n) is 4.84. The molecule has 0 aromatic heterocycles. The maximum atomic E-state index is 5.59. The highest BCUT2D eigenvalue weighted by Gasteiger charge is 2.12. The lowest BCUT2D eigenvalue weighted by Gasteiger charge is -2.27. The van der Waals surface area contributed by atoms with Crippen LogP contribution in [0.2, 0.25) is 0 Å². The van der Waals surface area contributed by atoms with E-state index in [0.29, 0.717) is 26.4 Å². The maximum absolute atomic E-state index is 5.59. The Hall–Kier alpha value is -1.67. The third-order valence-corrected chi connectivity index (χ3v) is 4.84. The first kappa shape index (κ1) is 23.6. The Balaban J connectivity index is 1.64. The first-order chi connectivity index (χ1) is 14.3. The molecule has 29 heavy (non-hydrogen) atoms. The van der Waals surface area contributed by atoms with Crippen LogP contribution in [-0.2, 0) is 27.3 Å². The molecule has 1 aromatic carbocycles. The molecule has 0 atom stereocenters. The van der Waals surface area contributed by atoms with Gasteiger partial charge in [0.2, 0.25) is 0 Å². The fourth-order valence-corrected chi connectivity index (χ4v) is 3.09. The van der Waals surface area contributed by atoms with Crippen molar-refractivity contribution in [2.24, 2.45) is 4.99 Å². The summed E-state index contributed by atoms with van der Waals surface area (Å²) in [5, 5.41) is 6.70. The fourth-order valence-electron chi connectivity index (χ4n) is 3.09. The molecule has 0 bridgehead atoms. The van der Waals surface area contributed by atoms with Gasteiger partial charge in [-0.2, -0.15) is 0 Å². The van der Waals surface area contributed by atoms with Crippen molar-refractivity contribution in [1.29, 1.82) is 0 Å². The van der Waals surface area contributed by atoms with E-state index in [1.54, 1.807) is 7.05 Å². The zero-order chi connectivity index (χ0) is 20.6. The summed E-state index contributed by atoms with van der Waals surface area (Å²) >= 11 is 0. The van der Waals surface area contributed by atoms with Crippen molar-refractivity contribution in [3.05, 3.63) is 35.4 Å². The van der Waals surface area contributed by atoms with E-state index in [9.17, 15) is 0 Å². The van der Waals surface area contributed by atoms with Crippen LogP contribution in [0.4, 0.5) is 0 Å². The molecule has 0 aliphatic carbocycles. The number of hydrogen-bond acceptors (Lipinski definition) is 5. The van der Waals surface area contributed by atoms with Gasteiger partial charge in [-0.3, -0.25) is 9.89 Å². The van der Waals surface area contributed by atoms with Crippen molar-refractivity contribution < 1.29 is 14.2 Å². The van der Waals surface area contributed by atoms with Crippen LogP contribution >= 0.6 is 0 Å². The van der Waals surface area contributed by atoms with Gasteiger partial charge in [0.1, 0.15) is 0 Å². The number of hydrogen-bond donors (Lipinski definition) is 2. The van der Waals surface area contributed by atoms with E-state index in [2.05, 4.69) is 51.7 Å². The topological polar surface area (TPSA) is 67.4 Å². The molecule has 1 heterocycles. The van der Waals surface area contributed by atoms with E-state index in [4.69, 9.17) is 14.2 Å². The molecular weight excluding hydrogens is 368 g/mol. The van der Waals surface area contributed by atoms with Crippen LogP contribution < -0.4 is 10.6 Å². The average molecular weight is 407 g/mol. The third kappa shape index (κ3) is 10.1. The molecule has 0 spiro atoms. The minimum atomic E-state index is 0.630. The van der Waals surface area contributed by atoms with Crippen molar-refractivity contribution in [3.63, 3.8) is 0 Å². The molecule has 1 aromatic rings. The van der Waals surface area contributed by atoms with Gasteiger partial charge in [0, 0.05) is 46.4 Å². The van der Waals surface area contributed by atoms with Crippen molar-refractivity contribution in [1.82, 2.24) is 15.5 Å². The molecule has 7 nitrogen and oxygen atoms in total. The number of morpholine rings is 1. The Bertz CT molecular complexity index is 577. The molecule has 164 valence electrons. The summed E-state index contributed by atoms with van der Waals surface area (Å²) in [6.45, 7) is 11.0. The first-order valence-electron chi connectivity index (χ1n) is 10.8. The highest BCUT2D eigenvalue weighted by atomic mass is 16.5. The molecule has 0 unspecified atom stereocenters. The summed E-state index contributed by atoms with van der Waals surface area (Å²) in [5.41, 5.74) is 2.64. The molecule has 1 fully saturated rings. The van der Waals surface area contributed by atoms with Crippen LogP contribution in [-0.4, -0.2) is 77.2 Å². The van der Waals surface area contributed by atoms with Gasteiger partial charge in [0.05, 0.1) is 33.0 Å². The van der Waals surface area contributed by atoms with Gasteiger partial charge in [-0.1, -0.05) is 37.6 Å². The van der Waals surface area contributed by atoms with Crippen molar-refractivity contribution in [2.75, 3.05) is 66.3 Å². The number of ether oxygens (including phenoxy) is 3. The van der Waals surface area contributed by atoms with E-state index in [1.165, 1.54) is 11.1 Å². The Morgan fingerprint density at radius 1 is 1.03 bits per heavy atom. The SMILES string of the molecule is CCCCOCCOCCNC(=NC)NCc1ccccc1CN1CCOCC1. The van der Waals surface area contributed by atoms with Crippen LogP contribution in [0.15, 0.2) is 29.3 Å². The van der Waals surface area contributed by atoms with Crippen LogP contribution in [0, 0.1) is 0 Å². The molecule has 1 aliphatic heterocycles.